The number of hydrogen-bond donors (Lipinski definition) is 3. The predicted octanol–water partition coefficient (Wildman–Crippen LogP) is 0.683. The number of amides is 5. The Morgan fingerprint density at radius 3 is 2.45 bits per heavy atom. The van der Waals surface area contributed by atoms with Crippen molar-refractivity contribution in [2.24, 2.45) is 17.6 Å². The van der Waals surface area contributed by atoms with E-state index in [1.807, 2.05) is 19.0 Å². The highest BCUT2D eigenvalue weighted by molar-refractivity contribution is 5.91. The van der Waals surface area contributed by atoms with E-state index < -0.39 is 34.3 Å². The fourth-order valence-corrected chi connectivity index (χ4v) is 5.10. The molecule has 10 nitrogen and oxygen atoms in total. The normalized spacial score (nSPS) is 24.8. The highest BCUT2D eigenvalue weighted by atomic mass is 16.5. The average molecular weight is 441 g/mol. The van der Waals surface area contributed by atoms with Gasteiger partial charge in [0.15, 0.2) is 6.04 Å². The Morgan fingerprint density at radius 2 is 1.87 bits per heavy atom. The number of hydroxylamine groups is 2. The van der Waals surface area contributed by atoms with Crippen LogP contribution in [-0.2, 0) is 14.4 Å². The molecule has 2 rings (SSSR count). The third kappa shape index (κ3) is 6.24. The van der Waals surface area contributed by atoms with Crippen LogP contribution in [0.1, 0.15) is 51.4 Å². The van der Waals surface area contributed by atoms with Crippen molar-refractivity contribution >= 4 is 24.3 Å². The van der Waals surface area contributed by atoms with Gasteiger partial charge < -0.3 is 16.0 Å². The molecule has 1 unspecified atom stereocenters. The summed E-state index contributed by atoms with van der Waals surface area (Å²) >= 11 is 0. The van der Waals surface area contributed by atoms with Crippen LogP contribution in [0.5, 0.6) is 0 Å². The smallest absolute Gasteiger partial charge is 0.364 e. The lowest BCUT2D eigenvalue weighted by molar-refractivity contribution is -0.779. The van der Waals surface area contributed by atoms with Gasteiger partial charge in [0, 0.05) is 19.4 Å². The predicted molar refractivity (Wildman–Crippen MR) is 114 cm³/mol. The fourth-order valence-electron chi connectivity index (χ4n) is 5.10. The maximum atomic E-state index is 13.8. The first-order valence-corrected chi connectivity index (χ1v) is 11.3. The number of nitrogens with one attached hydrogen (secondary N) is 1. The number of carbonyl (C=O) groups excluding carboxylic acids is 4. The lowest BCUT2D eigenvalue weighted by atomic mass is 9.90. The van der Waals surface area contributed by atoms with E-state index in [9.17, 15) is 24.4 Å². The van der Waals surface area contributed by atoms with Gasteiger partial charge in [0.05, 0.1) is 19.0 Å². The highest BCUT2D eigenvalue weighted by Gasteiger charge is 2.58. The molecule has 2 aliphatic rings. The minimum atomic E-state index is -0.934. The largest absolute Gasteiger partial charge is 0.424 e. The summed E-state index contributed by atoms with van der Waals surface area (Å²) in [6.07, 6.45) is 6.44. The zero-order chi connectivity index (χ0) is 23.0. The van der Waals surface area contributed by atoms with E-state index >= 15 is 0 Å². The van der Waals surface area contributed by atoms with Gasteiger partial charge in [-0.2, -0.15) is 4.48 Å². The fraction of sp³-hybridized carbons (Fsp3) is 0.810. The van der Waals surface area contributed by atoms with E-state index in [1.54, 1.807) is 0 Å². The van der Waals surface area contributed by atoms with Gasteiger partial charge in [-0.1, -0.05) is 25.7 Å². The Kier molecular flexibility index (Phi) is 9.39. The highest BCUT2D eigenvalue weighted by Crippen LogP contribution is 2.35. The van der Waals surface area contributed by atoms with E-state index in [-0.39, 0.29) is 19.5 Å². The SMILES string of the molecule is CN(C)CCCNC(=O)[N+]1(C(=O)[C@H](CC2CCCC2)CN(O)C=O)CCC[C@H]1C(N)=O. The molecule has 1 heterocycles. The summed E-state index contributed by atoms with van der Waals surface area (Å²) in [6.45, 7) is 1.15. The molecule has 0 aromatic carbocycles. The standard InChI is InChI=1S/C21H37N5O5/c1-24(2)11-6-10-23-21(30)26(12-5-9-18(26)19(22)28)20(29)17(14-25(31)15-27)13-16-7-3-4-8-16/h15-18,31H,3-14H2,1-2H3,(H2-,22,23,28,30)/p+1/t17-,18+,26?/m1/s1. The second-order valence-corrected chi connectivity index (χ2v) is 9.19. The number of imide groups is 1. The van der Waals surface area contributed by atoms with Crippen LogP contribution in [0.25, 0.3) is 0 Å². The lowest BCUT2D eigenvalue weighted by Gasteiger charge is -2.36. The zero-order valence-electron chi connectivity index (χ0n) is 18.8. The Balaban J connectivity index is 2.28. The van der Waals surface area contributed by atoms with Gasteiger partial charge in [0.25, 0.3) is 5.91 Å². The first-order chi connectivity index (χ1) is 14.7. The molecule has 10 heteroatoms. The van der Waals surface area contributed by atoms with Gasteiger partial charge in [0.2, 0.25) is 6.41 Å². The first kappa shape index (κ1) is 25.2. The molecule has 0 radical (unpaired) electrons. The molecule has 31 heavy (non-hydrogen) atoms. The Hall–Kier alpha value is -2.04. The molecule has 0 spiro atoms. The van der Waals surface area contributed by atoms with Crippen molar-refractivity contribution in [1.29, 1.82) is 0 Å². The molecule has 176 valence electrons. The van der Waals surface area contributed by atoms with Gasteiger partial charge in [-0.05, 0) is 39.4 Å². The van der Waals surface area contributed by atoms with Gasteiger partial charge in [-0.15, -0.1) is 0 Å². The summed E-state index contributed by atoms with van der Waals surface area (Å²) in [5.41, 5.74) is 5.63. The maximum Gasteiger partial charge on any atom is 0.424 e. The first-order valence-electron chi connectivity index (χ1n) is 11.3. The molecule has 0 bridgehead atoms. The van der Waals surface area contributed by atoms with Crippen LogP contribution in [0.4, 0.5) is 4.79 Å². The zero-order valence-corrected chi connectivity index (χ0v) is 18.8. The van der Waals surface area contributed by atoms with Crippen molar-refractivity contribution in [1.82, 2.24) is 15.3 Å². The van der Waals surface area contributed by atoms with E-state index in [4.69, 9.17) is 5.73 Å². The number of likely N-dealkylation sites (tertiary alicyclic amines) is 1. The molecule has 1 aliphatic heterocycles. The second kappa shape index (κ2) is 11.5. The molecule has 1 aliphatic carbocycles. The van der Waals surface area contributed by atoms with Crippen molar-refractivity contribution in [2.45, 2.75) is 57.4 Å². The van der Waals surface area contributed by atoms with Gasteiger partial charge in [-0.3, -0.25) is 14.8 Å². The minimum absolute atomic E-state index is 0.194. The van der Waals surface area contributed by atoms with Gasteiger partial charge >= 0.3 is 11.9 Å². The lowest BCUT2D eigenvalue weighted by Crippen LogP contribution is -2.68. The number of carbonyl (C=O) groups is 4. The summed E-state index contributed by atoms with van der Waals surface area (Å²) in [5, 5.41) is 13.1. The van der Waals surface area contributed by atoms with Crippen LogP contribution < -0.4 is 11.1 Å². The minimum Gasteiger partial charge on any atom is -0.364 e. The topological polar surface area (TPSA) is 133 Å². The van der Waals surface area contributed by atoms with Crippen molar-refractivity contribution < 1.29 is 28.9 Å². The second-order valence-electron chi connectivity index (χ2n) is 9.19. The Labute approximate surface area is 184 Å². The maximum absolute atomic E-state index is 13.8. The summed E-state index contributed by atoms with van der Waals surface area (Å²) < 4.78 is -0.665. The molecular formula is C21H38N5O5+. The number of urea groups is 1. The van der Waals surface area contributed by atoms with Crippen LogP contribution in [-0.4, -0.2) is 90.2 Å². The van der Waals surface area contributed by atoms with Crippen LogP contribution in [0.2, 0.25) is 0 Å². The third-order valence-electron chi connectivity index (χ3n) is 6.63. The molecule has 0 aromatic heterocycles. The van der Waals surface area contributed by atoms with E-state index in [2.05, 4.69) is 5.32 Å². The molecule has 3 atom stereocenters. The van der Waals surface area contributed by atoms with Crippen molar-refractivity contribution in [2.75, 3.05) is 40.3 Å². The molecular weight excluding hydrogens is 402 g/mol. The molecule has 2 fully saturated rings. The van der Waals surface area contributed by atoms with Crippen molar-refractivity contribution in [3.63, 3.8) is 0 Å². The average Bonchev–Trinajstić information content (AvgIpc) is 3.40. The molecule has 1 saturated carbocycles. The van der Waals surface area contributed by atoms with Crippen LogP contribution >= 0.6 is 0 Å². The molecule has 4 N–H and O–H groups in total. The van der Waals surface area contributed by atoms with Crippen LogP contribution in [0.3, 0.4) is 0 Å². The van der Waals surface area contributed by atoms with E-state index in [0.29, 0.717) is 43.2 Å². The van der Waals surface area contributed by atoms with Gasteiger partial charge in [0.1, 0.15) is 0 Å². The summed E-state index contributed by atoms with van der Waals surface area (Å²) in [4.78, 5) is 52.5. The number of rotatable bonds is 11. The summed E-state index contributed by atoms with van der Waals surface area (Å²) in [7, 11) is 3.87. The third-order valence-corrected chi connectivity index (χ3v) is 6.63. The molecule has 1 saturated heterocycles. The Morgan fingerprint density at radius 1 is 1.19 bits per heavy atom. The van der Waals surface area contributed by atoms with Crippen LogP contribution in [0, 0.1) is 11.8 Å². The van der Waals surface area contributed by atoms with Gasteiger partial charge in [-0.25, -0.2) is 14.7 Å². The monoisotopic (exact) mass is 440 g/mol. The summed E-state index contributed by atoms with van der Waals surface area (Å²) in [6, 6.07) is -1.45. The van der Waals surface area contributed by atoms with E-state index in [0.717, 1.165) is 32.2 Å². The Bertz CT molecular complexity index is 652. The van der Waals surface area contributed by atoms with E-state index in [1.165, 1.54) is 0 Å². The molecule has 0 aromatic rings. The number of nitrogens with two attached hydrogens (primary N) is 1. The molecule has 5 amide bonds. The van der Waals surface area contributed by atoms with Crippen molar-refractivity contribution in [3.8, 4) is 0 Å². The van der Waals surface area contributed by atoms with Crippen LogP contribution in [0.15, 0.2) is 0 Å². The number of nitrogens with zero attached hydrogens (tertiary/aromatic N) is 3. The van der Waals surface area contributed by atoms with Crippen molar-refractivity contribution in [3.05, 3.63) is 0 Å². The number of quaternary nitrogens is 1. The quantitative estimate of drug-likeness (QED) is 0.142. The number of primary amides is 1. The number of hydrogen-bond acceptors (Lipinski definition) is 6. The summed E-state index contributed by atoms with van der Waals surface area (Å²) in [5.74, 6) is -1.55.